The third-order valence-corrected chi connectivity index (χ3v) is 9.91. The van der Waals surface area contributed by atoms with E-state index in [9.17, 15) is 19.2 Å². The van der Waals surface area contributed by atoms with Crippen LogP contribution in [0.4, 0.5) is 11.9 Å². The largest absolute Gasteiger partial charge is 0.366 e. The van der Waals surface area contributed by atoms with Crippen LogP contribution in [0, 0.1) is 6.92 Å². The molecule has 0 radical (unpaired) electrons. The molecule has 4 aromatic carbocycles. The standard InChI is InChI=1S/C41H36N10O4/c1-23-18-27(37(43)53)20-29-35(23)51(41(45-29)47-39(55)34-22-25-11-5-7-13-31(25)49(34)3)17-9-8-16-50-32-15-14-26(36(42)52)19-28(32)44-40(50)46-38(54)33-21-24-10-4-6-12-30(24)48(33)2/h4-15,18-22H,16-17H2,1-3H3,(H2,42,52)(H2,43,53)(H,44,46,54)(H,45,47,55)/b9-8+. The zero-order valence-corrected chi connectivity index (χ0v) is 30.2. The molecule has 0 aliphatic rings. The number of para-hydroxylation sites is 2. The van der Waals surface area contributed by atoms with Crippen molar-refractivity contribution in [3.8, 4) is 0 Å². The van der Waals surface area contributed by atoms with E-state index in [0.29, 0.717) is 39.1 Å². The summed E-state index contributed by atoms with van der Waals surface area (Å²) in [5.41, 5.74) is 17.6. The van der Waals surface area contributed by atoms with Crippen molar-refractivity contribution in [1.29, 1.82) is 0 Å². The number of fused-ring (bicyclic) bond motifs is 4. The molecule has 4 amide bonds. The van der Waals surface area contributed by atoms with E-state index < -0.39 is 11.8 Å². The second kappa shape index (κ2) is 13.5. The molecule has 55 heavy (non-hydrogen) atoms. The van der Waals surface area contributed by atoms with E-state index in [1.54, 1.807) is 30.3 Å². The molecule has 4 heterocycles. The minimum Gasteiger partial charge on any atom is -0.366 e. The van der Waals surface area contributed by atoms with Gasteiger partial charge in [-0.15, -0.1) is 0 Å². The summed E-state index contributed by atoms with van der Waals surface area (Å²) in [4.78, 5) is 60.9. The summed E-state index contributed by atoms with van der Waals surface area (Å²) >= 11 is 0. The van der Waals surface area contributed by atoms with Gasteiger partial charge in [0, 0.05) is 60.1 Å². The third-order valence-electron chi connectivity index (χ3n) is 9.91. The number of nitrogens with zero attached hydrogens (tertiary/aromatic N) is 6. The normalized spacial score (nSPS) is 11.7. The number of hydrogen-bond donors (Lipinski definition) is 4. The molecule has 14 nitrogen and oxygen atoms in total. The van der Waals surface area contributed by atoms with Gasteiger partial charge in [0.1, 0.15) is 11.4 Å². The summed E-state index contributed by atoms with van der Waals surface area (Å²) in [5, 5.41) is 7.81. The van der Waals surface area contributed by atoms with Crippen molar-refractivity contribution in [3.63, 3.8) is 0 Å². The van der Waals surface area contributed by atoms with Crippen LogP contribution in [0.5, 0.6) is 0 Å². The minimum absolute atomic E-state index is 0.280. The van der Waals surface area contributed by atoms with Crippen LogP contribution in [0.3, 0.4) is 0 Å². The van der Waals surface area contributed by atoms with Crippen molar-refractivity contribution < 1.29 is 19.2 Å². The number of nitrogens with one attached hydrogen (secondary N) is 2. The molecule has 6 N–H and O–H groups in total. The maximum Gasteiger partial charge on any atom is 0.274 e. The predicted molar refractivity (Wildman–Crippen MR) is 212 cm³/mol. The van der Waals surface area contributed by atoms with Gasteiger partial charge in [-0.25, -0.2) is 9.97 Å². The lowest BCUT2D eigenvalue weighted by Gasteiger charge is -2.11. The molecule has 14 heteroatoms. The van der Waals surface area contributed by atoms with Crippen molar-refractivity contribution in [3.05, 3.63) is 131 Å². The van der Waals surface area contributed by atoms with Gasteiger partial charge in [-0.3, -0.25) is 29.8 Å². The smallest absolute Gasteiger partial charge is 0.274 e. The lowest BCUT2D eigenvalue weighted by atomic mass is 10.1. The molecular weight excluding hydrogens is 697 g/mol. The summed E-state index contributed by atoms with van der Waals surface area (Å²) in [6.45, 7) is 2.43. The van der Waals surface area contributed by atoms with Crippen LogP contribution in [0.1, 0.15) is 47.3 Å². The van der Waals surface area contributed by atoms with Crippen molar-refractivity contribution in [2.75, 3.05) is 10.6 Å². The number of nitrogens with two attached hydrogens (primary N) is 2. The summed E-state index contributed by atoms with van der Waals surface area (Å²) in [6, 6.07) is 27.4. The number of hydrogen-bond acceptors (Lipinski definition) is 6. The molecule has 0 aliphatic heterocycles. The lowest BCUT2D eigenvalue weighted by Crippen LogP contribution is -2.19. The summed E-state index contributed by atoms with van der Waals surface area (Å²) in [7, 11) is 3.66. The van der Waals surface area contributed by atoms with Crippen LogP contribution in [-0.2, 0) is 27.2 Å². The number of benzene rings is 4. The number of amides is 4. The molecule has 0 atom stereocenters. The second-order valence-corrected chi connectivity index (χ2v) is 13.4. The molecule has 8 aromatic rings. The molecule has 0 fully saturated rings. The lowest BCUT2D eigenvalue weighted by molar-refractivity contribution is 0.0992. The fourth-order valence-electron chi connectivity index (χ4n) is 7.16. The number of carbonyl (C=O) groups excluding carboxylic acids is 4. The van der Waals surface area contributed by atoms with Crippen molar-refractivity contribution in [1.82, 2.24) is 28.2 Å². The zero-order chi connectivity index (χ0) is 38.5. The minimum atomic E-state index is -0.591. The molecule has 0 saturated carbocycles. The number of aromatic nitrogens is 6. The van der Waals surface area contributed by atoms with Crippen molar-refractivity contribution in [2.24, 2.45) is 25.6 Å². The molecule has 0 spiro atoms. The van der Waals surface area contributed by atoms with Crippen molar-refractivity contribution >= 4 is 79.4 Å². The van der Waals surface area contributed by atoms with Crippen LogP contribution in [0.25, 0.3) is 43.9 Å². The average Bonchev–Trinajstić information content (AvgIpc) is 3.90. The van der Waals surface area contributed by atoms with E-state index in [2.05, 4.69) is 15.6 Å². The van der Waals surface area contributed by atoms with E-state index >= 15 is 0 Å². The first kappa shape index (κ1) is 34.6. The van der Waals surface area contributed by atoms with E-state index in [4.69, 9.17) is 16.5 Å². The predicted octanol–water partition coefficient (Wildman–Crippen LogP) is 5.64. The van der Waals surface area contributed by atoms with Gasteiger partial charge in [0.05, 0.1) is 22.1 Å². The molecule has 0 unspecified atom stereocenters. The third kappa shape index (κ3) is 6.14. The first-order valence-corrected chi connectivity index (χ1v) is 17.5. The fourth-order valence-corrected chi connectivity index (χ4v) is 7.16. The van der Waals surface area contributed by atoms with Gasteiger partial charge >= 0.3 is 0 Å². The Morgan fingerprint density at radius 3 is 1.69 bits per heavy atom. The quantitative estimate of drug-likeness (QED) is 0.132. The number of rotatable bonds is 10. The Hall–Kier alpha value is -7.48. The summed E-state index contributed by atoms with van der Waals surface area (Å²) in [6.07, 6.45) is 3.82. The molecule has 8 rings (SSSR count). The highest BCUT2D eigenvalue weighted by Gasteiger charge is 2.21. The van der Waals surface area contributed by atoms with Gasteiger partial charge in [-0.05, 0) is 67.1 Å². The molecule has 0 bridgehead atoms. The second-order valence-electron chi connectivity index (χ2n) is 13.4. The average molecular weight is 733 g/mol. The van der Waals surface area contributed by atoms with Crippen LogP contribution < -0.4 is 22.1 Å². The monoisotopic (exact) mass is 732 g/mol. The number of anilines is 2. The molecule has 0 aliphatic carbocycles. The number of allylic oxidation sites excluding steroid dienone is 2. The van der Waals surface area contributed by atoms with Gasteiger partial charge in [0.15, 0.2) is 0 Å². The number of aryl methyl sites for hydroxylation is 3. The Bertz CT molecular complexity index is 2920. The van der Waals surface area contributed by atoms with E-state index in [1.165, 1.54) is 0 Å². The SMILES string of the molecule is Cc1cc(C(N)=O)cc2nc(NC(=O)c3cc4ccccc4n3C)n(C/C=C/Cn3c(NC(=O)c4cc5ccccc5n4C)nc4cc(C(N)=O)ccc43)c12. The van der Waals surface area contributed by atoms with Gasteiger partial charge in [0.25, 0.3) is 11.8 Å². The summed E-state index contributed by atoms with van der Waals surface area (Å²) < 4.78 is 7.34. The van der Waals surface area contributed by atoms with Crippen LogP contribution >= 0.6 is 0 Å². The first-order valence-electron chi connectivity index (χ1n) is 17.5. The van der Waals surface area contributed by atoms with Crippen LogP contribution in [0.2, 0.25) is 0 Å². The number of primary amides is 2. The van der Waals surface area contributed by atoms with Gasteiger partial charge < -0.3 is 29.7 Å². The van der Waals surface area contributed by atoms with Crippen LogP contribution in [0.15, 0.2) is 103 Å². The zero-order valence-electron chi connectivity index (χ0n) is 30.2. The molecule has 274 valence electrons. The summed E-state index contributed by atoms with van der Waals surface area (Å²) in [5.74, 6) is -1.31. The number of imidazole rings is 2. The highest BCUT2D eigenvalue weighted by Crippen LogP contribution is 2.28. The maximum atomic E-state index is 13.7. The van der Waals surface area contributed by atoms with Crippen molar-refractivity contribution in [2.45, 2.75) is 20.0 Å². The van der Waals surface area contributed by atoms with E-state index in [-0.39, 0.29) is 36.8 Å². The van der Waals surface area contributed by atoms with Crippen LogP contribution in [-0.4, -0.2) is 51.9 Å². The Morgan fingerprint density at radius 2 is 1.13 bits per heavy atom. The molecule has 0 saturated heterocycles. The molecular formula is C41H36N10O4. The fraction of sp³-hybridized carbons (Fsp3) is 0.122. The van der Waals surface area contributed by atoms with Gasteiger partial charge in [-0.2, -0.15) is 0 Å². The van der Waals surface area contributed by atoms with E-state index in [1.807, 2.05) is 112 Å². The Balaban J connectivity index is 1.12. The van der Waals surface area contributed by atoms with Gasteiger partial charge in [0.2, 0.25) is 23.7 Å². The highest BCUT2D eigenvalue weighted by molar-refractivity contribution is 6.08. The van der Waals surface area contributed by atoms with Gasteiger partial charge in [-0.1, -0.05) is 48.6 Å². The Morgan fingerprint density at radius 1 is 0.618 bits per heavy atom. The topological polar surface area (TPSA) is 190 Å². The number of carbonyl (C=O) groups is 4. The first-order chi connectivity index (χ1) is 26.5. The Kier molecular flexibility index (Phi) is 8.49. The maximum absolute atomic E-state index is 13.7. The molecule has 4 aromatic heterocycles. The Labute approximate surface area is 313 Å². The van der Waals surface area contributed by atoms with E-state index in [0.717, 1.165) is 32.9 Å². The highest BCUT2D eigenvalue weighted by atomic mass is 16.2.